The number of aliphatic hydroxyl groups excluding tert-OH is 1. The minimum absolute atomic E-state index is 0.00213. The van der Waals surface area contributed by atoms with Crippen molar-refractivity contribution >= 4 is 39.9 Å². The number of aliphatic hydroxyl groups is 1. The molecule has 0 fully saturated rings. The lowest BCUT2D eigenvalue weighted by Gasteiger charge is -2.34. The molecule has 0 aliphatic carbocycles. The summed E-state index contributed by atoms with van der Waals surface area (Å²) in [5.74, 6) is 1.70. The second kappa shape index (κ2) is 37.9. The standard InChI is InChI=1S/C30H43N7O6.C27H34N8O4.H2O4S/c1-3-42-29(40)18-26(23-12-14-27(33-19-23)43-17-7-16-34-36-31)37(20-25(21-38)41-2)28(39)10-5-4-9-24-13-11-22-8-6-15-32-30(22)35-24;1-2-38-25(36)18-23(21-9-11-24(30-19-21)39-17-5-13-31-33-28)35-16-15-34(27(35)37)14-4-7-22-10-8-20-6-3-12-29-26(20)32-22;1-5(2,3)4/h11-14,19,25-26,38H,3-10,15-18,20-21H2,1-2H3,(H,32,35);8-11,15-16,19,23H,2-7,12-14,17-18H2,1H3,(H,29,32);(H2,1,2,3,4)/t25?,26-;23-;/m00./s1. The number of carbonyl (C=O) groups excluding carboxylic acids is 3. The maximum absolute atomic E-state index is 13.7. The highest BCUT2D eigenvalue weighted by atomic mass is 32.3. The summed E-state index contributed by atoms with van der Waals surface area (Å²) in [6, 6.07) is 14.1. The summed E-state index contributed by atoms with van der Waals surface area (Å²) in [7, 11) is -3.19. The summed E-state index contributed by atoms with van der Waals surface area (Å²) in [5.41, 5.74) is 22.3. The van der Waals surface area contributed by atoms with Crippen LogP contribution in [0.5, 0.6) is 11.8 Å². The second-order valence-electron chi connectivity index (χ2n) is 19.9. The topological polar surface area (TPSA) is 395 Å². The molecule has 5 N–H and O–H groups in total. The molecule has 0 aromatic carbocycles. The number of carbonyl (C=O) groups is 3. The molecule has 5 aromatic heterocycles. The third-order valence-corrected chi connectivity index (χ3v) is 13.7. The summed E-state index contributed by atoms with van der Waals surface area (Å²) in [4.78, 5) is 77.3. The molecule has 5 aromatic rings. The van der Waals surface area contributed by atoms with Gasteiger partial charge in [-0.2, -0.15) is 8.42 Å². The number of anilines is 2. The molecule has 0 spiro atoms. The van der Waals surface area contributed by atoms with Gasteiger partial charge in [0.25, 0.3) is 0 Å². The van der Waals surface area contributed by atoms with Crippen LogP contribution < -0.4 is 25.8 Å². The fourth-order valence-corrected chi connectivity index (χ4v) is 9.44. The van der Waals surface area contributed by atoms with Crippen LogP contribution in [-0.4, -0.2) is 153 Å². The highest BCUT2D eigenvalue weighted by Gasteiger charge is 2.31. The van der Waals surface area contributed by atoms with Gasteiger partial charge in [0.15, 0.2) is 0 Å². The number of rotatable bonds is 33. The number of unbranched alkanes of at least 4 members (excludes halogenated alkanes) is 1. The summed E-state index contributed by atoms with van der Waals surface area (Å²) in [6.07, 6.45) is 15.3. The number of pyridine rings is 4. The van der Waals surface area contributed by atoms with E-state index in [0.717, 1.165) is 87.5 Å². The Balaban J connectivity index is 0.000000295. The van der Waals surface area contributed by atoms with Crippen molar-refractivity contribution in [1.82, 2.24) is 34.0 Å². The van der Waals surface area contributed by atoms with Gasteiger partial charge in [-0.15, -0.1) is 0 Å². The molecule has 0 saturated heterocycles. The van der Waals surface area contributed by atoms with Gasteiger partial charge in [-0.05, 0) is 130 Å². The Morgan fingerprint density at radius 2 is 1.29 bits per heavy atom. The molecule has 472 valence electrons. The van der Waals surface area contributed by atoms with Gasteiger partial charge in [-0.1, -0.05) is 34.5 Å². The first kappa shape index (κ1) is 69.4. The fraction of sp³-hybridized carbons (Fsp3) is 0.544. The fourth-order valence-electron chi connectivity index (χ4n) is 9.44. The Morgan fingerprint density at radius 3 is 1.79 bits per heavy atom. The van der Waals surface area contributed by atoms with Gasteiger partial charge in [-0.25, -0.2) is 24.7 Å². The zero-order valence-electron chi connectivity index (χ0n) is 49.4. The first-order valence-corrected chi connectivity index (χ1v) is 30.3. The van der Waals surface area contributed by atoms with Gasteiger partial charge < -0.3 is 44.3 Å². The highest BCUT2D eigenvalue weighted by molar-refractivity contribution is 7.79. The molecule has 0 radical (unpaired) electrons. The number of imidazole rings is 1. The summed E-state index contributed by atoms with van der Waals surface area (Å²) < 4.78 is 61.8. The quantitative estimate of drug-likeness (QED) is 0.00675. The average Bonchev–Trinajstić information content (AvgIpc) is 3.16. The molecule has 87 heavy (non-hydrogen) atoms. The van der Waals surface area contributed by atoms with Crippen LogP contribution in [0, 0.1) is 0 Å². The number of aromatic nitrogens is 6. The number of amides is 1. The van der Waals surface area contributed by atoms with Crippen LogP contribution in [0.25, 0.3) is 20.9 Å². The number of esters is 2. The molecule has 0 bridgehead atoms. The minimum Gasteiger partial charge on any atom is -0.478 e. The molecule has 7 rings (SSSR count). The number of hydrogen-bond donors (Lipinski definition) is 5. The van der Waals surface area contributed by atoms with Gasteiger partial charge in [-0.3, -0.25) is 32.6 Å². The third kappa shape index (κ3) is 24.9. The lowest BCUT2D eigenvalue weighted by Crippen LogP contribution is -2.43. The van der Waals surface area contributed by atoms with E-state index in [4.69, 9.17) is 62.2 Å². The molecule has 30 heteroatoms. The number of ether oxygens (including phenoxy) is 5. The monoisotopic (exact) mass is 1230 g/mol. The van der Waals surface area contributed by atoms with Crippen molar-refractivity contribution in [2.75, 3.05) is 83.5 Å². The predicted molar refractivity (Wildman–Crippen MR) is 321 cm³/mol. The maximum atomic E-state index is 13.7. The number of methoxy groups -OCH3 is 1. The molecule has 2 aliphatic heterocycles. The average molecular weight is 1230 g/mol. The van der Waals surface area contributed by atoms with Crippen LogP contribution in [0.1, 0.15) is 124 Å². The minimum atomic E-state index is -4.67. The van der Waals surface area contributed by atoms with E-state index < -0.39 is 40.5 Å². The molecule has 29 nitrogen and oxygen atoms in total. The summed E-state index contributed by atoms with van der Waals surface area (Å²) >= 11 is 0. The zero-order valence-corrected chi connectivity index (χ0v) is 50.2. The Hall–Kier alpha value is -8.37. The van der Waals surface area contributed by atoms with Crippen molar-refractivity contribution in [3.63, 3.8) is 0 Å². The van der Waals surface area contributed by atoms with Gasteiger partial charge >= 0.3 is 28.0 Å². The number of hydrogen-bond acceptors (Lipinski definition) is 20. The highest BCUT2D eigenvalue weighted by Crippen LogP contribution is 2.29. The molecule has 1 unspecified atom stereocenters. The SMILES string of the molecule is CCOC(=O)C[C@@H](c1ccc(OCCCN=[N+]=[N-])nc1)N(CC(CO)OC)C(=O)CCCCc1ccc2c(n1)NCCC2.CCOC(=O)C[C@@H](c1ccc(OCCCN=[N+]=[N-])nc1)n1ccn(CCCc2ccc3c(n2)NCCC3)c1=O.O=S(=O)(O)O. The van der Waals surface area contributed by atoms with E-state index in [-0.39, 0.29) is 57.2 Å². The van der Waals surface area contributed by atoms with Crippen LogP contribution in [0.4, 0.5) is 11.6 Å². The van der Waals surface area contributed by atoms with Crippen molar-refractivity contribution in [2.24, 2.45) is 10.2 Å². The van der Waals surface area contributed by atoms with E-state index in [1.807, 2.05) is 0 Å². The number of azide groups is 2. The molecular weight excluding hydrogens is 1150 g/mol. The summed E-state index contributed by atoms with van der Waals surface area (Å²) in [6.45, 7) is 7.51. The van der Waals surface area contributed by atoms with Crippen LogP contribution in [0.15, 0.2) is 88.3 Å². The Morgan fingerprint density at radius 1 is 0.747 bits per heavy atom. The van der Waals surface area contributed by atoms with Crippen LogP contribution in [0.3, 0.4) is 0 Å². The third-order valence-electron chi connectivity index (χ3n) is 13.7. The van der Waals surface area contributed by atoms with E-state index in [0.29, 0.717) is 75.0 Å². The van der Waals surface area contributed by atoms with E-state index in [1.165, 1.54) is 18.2 Å². The van der Waals surface area contributed by atoms with Gasteiger partial charge in [0.1, 0.15) is 11.6 Å². The number of nitrogens with one attached hydrogen (secondary N) is 2. The molecule has 0 saturated carbocycles. The van der Waals surface area contributed by atoms with E-state index in [2.05, 4.69) is 64.9 Å². The Labute approximate surface area is 505 Å². The van der Waals surface area contributed by atoms with Crippen molar-refractivity contribution in [1.29, 1.82) is 0 Å². The summed E-state index contributed by atoms with van der Waals surface area (Å²) in [5, 5.41) is 23.5. The van der Waals surface area contributed by atoms with Crippen molar-refractivity contribution in [3.8, 4) is 11.8 Å². The second-order valence-corrected chi connectivity index (χ2v) is 20.8. The van der Waals surface area contributed by atoms with Crippen molar-refractivity contribution in [2.45, 2.75) is 128 Å². The normalized spacial score (nSPS) is 13.2. The molecule has 1 amide bonds. The Bertz CT molecular complexity index is 3200. The van der Waals surface area contributed by atoms with E-state index in [9.17, 15) is 24.3 Å². The lowest BCUT2D eigenvalue weighted by molar-refractivity contribution is -0.147. The molecule has 3 atom stereocenters. The molecule has 7 heterocycles. The van der Waals surface area contributed by atoms with Crippen LogP contribution in [0.2, 0.25) is 0 Å². The van der Waals surface area contributed by atoms with E-state index in [1.54, 1.807) is 76.9 Å². The van der Waals surface area contributed by atoms with Crippen molar-refractivity contribution < 1.29 is 60.7 Å². The number of aryl methyl sites for hydroxylation is 5. The smallest absolute Gasteiger partial charge is 0.394 e. The van der Waals surface area contributed by atoms with Gasteiger partial charge in [0, 0.05) is 111 Å². The lowest BCUT2D eigenvalue weighted by atomic mass is 10.0. The number of nitrogens with zero attached hydrogens (tertiary/aromatic N) is 13. The van der Waals surface area contributed by atoms with Gasteiger partial charge in [0.05, 0.1) is 64.1 Å². The zero-order chi connectivity index (χ0) is 62.8. The van der Waals surface area contributed by atoms with Crippen molar-refractivity contribution in [3.05, 3.63) is 138 Å². The first-order valence-electron chi connectivity index (χ1n) is 28.9. The van der Waals surface area contributed by atoms with E-state index >= 15 is 0 Å². The first-order chi connectivity index (χ1) is 42.1. The maximum Gasteiger partial charge on any atom is 0.394 e. The number of fused-ring (bicyclic) bond motifs is 2. The van der Waals surface area contributed by atoms with Gasteiger partial charge in [0.2, 0.25) is 17.7 Å². The van der Waals surface area contributed by atoms with Crippen LogP contribution in [-0.2, 0) is 71.2 Å². The van der Waals surface area contributed by atoms with Crippen LogP contribution >= 0.6 is 0 Å². The molecular formula is C57H79N15O14S. The Kier molecular flexibility index (Phi) is 30.3. The molecule has 2 aliphatic rings. The largest absolute Gasteiger partial charge is 0.478 e. The predicted octanol–water partition coefficient (Wildman–Crippen LogP) is 7.56.